The minimum absolute atomic E-state index is 0.0820. The summed E-state index contributed by atoms with van der Waals surface area (Å²) in [6, 6.07) is 14.3. The molecule has 4 rings (SSSR count). The maximum atomic E-state index is 12.2. The number of fused-ring (bicyclic) bond motifs is 1. The SMILES string of the molecule is Cc1cccc(-n2c(O)c(C=C3N=c4ccccc4=N3)c(=O)[nH]c2=O)c1. The van der Waals surface area contributed by atoms with Crippen molar-refractivity contribution in [2.75, 3.05) is 0 Å². The van der Waals surface area contributed by atoms with Gasteiger partial charge in [-0.25, -0.2) is 19.3 Å². The third-order valence-electron chi connectivity index (χ3n) is 4.01. The highest BCUT2D eigenvalue weighted by atomic mass is 16.3. The highest BCUT2D eigenvalue weighted by Crippen LogP contribution is 2.20. The number of nitrogens with one attached hydrogen (secondary N) is 1. The van der Waals surface area contributed by atoms with Crippen molar-refractivity contribution < 1.29 is 5.11 Å². The van der Waals surface area contributed by atoms with Crippen LogP contribution in [0.25, 0.3) is 11.8 Å². The van der Waals surface area contributed by atoms with Crippen LogP contribution in [0.3, 0.4) is 0 Å². The van der Waals surface area contributed by atoms with Gasteiger partial charge >= 0.3 is 5.69 Å². The van der Waals surface area contributed by atoms with Crippen LogP contribution in [0.1, 0.15) is 11.1 Å². The Balaban J connectivity index is 1.93. The van der Waals surface area contributed by atoms with E-state index in [2.05, 4.69) is 15.0 Å². The number of benzene rings is 2. The molecule has 0 aliphatic carbocycles. The second-order valence-electron chi connectivity index (χ2n) is 5.89. The van der Waals surface area contributed by atoms with Gasteiger partial charge in [-0.1, -0.05) is 24.3 Å². The average Bonchev–Trinajstić information content (AvgIpc) is 3.01. The normalized spacial score (nSPS) is 12.3. The van der Waals surface area contributed by atoms with Gasteiger partial charge in [-0.15, -0.1) is 0 Å². The predicted molar refractivity (Wildman–Crippen MR) is 95.8 cm³/mol. The Hall–Kier alpha value is -3.74. The number of aryl methyl sites for hydroxylation is 1. The van der Waals surface area contributed by atoms with Gasteiger partial charge in [0.05, 0.1) is 16.4 Å². The molecule has 0 fully saturated rings. The van der Waals surface area contributed by atoms with E-state index in [9.17, 15) is 14.7 Å². The van der Waals surface area contributed by atoms with Crippen LogP contribution >= 0.6 is 0 Å². The molecule has 7 nitrogen and oxygen atoms in total. The molecule has 0 unspecified atom stereocenters. The zero-order chi connectivity index (χ0) is 18.3. The number of hydrogen-bond donors (Lipinski definition) is 2. The maximum absolute atomic E-state index is 12.2. The Kier molecular flexibility index (Phi) is 3.62. The summed E-state index contributed by atoms with van der Waals surface area (Å²) in [5.41, 5.74) is -0.140. The summed E-state index contributed by atoms with van der Waals surface area (Å²) < 4.78 is 1.04. The summed E-state index contributed by atoms with van der Waals surface area (Å²) in [5, 5.41) is 12.0. The number of rotatable bonds is 2. The highest BCUT2D eigenvalue weighted by Gasteiger charge is 2.15. The molecule has 2 heterocycles. The molecule has 0 saturated heterocycles. The van der Waals surface area contributed by atoms with Crippen molar-refractivity contribution in [1.29, 1.82) is 0 Å². The largest absolute Gasteiger partial charge is 0.494 e. The molecule has 1 aliphatic rings. The lowest BCUT2D eigenvalue weighted by Gasteiger charge is -2.10. The van der Waals surface area contributed by atoms with E-state index in [4.69, 9.17) is 0 Å². The van der Waals surface area contributed by atoms with E-state index in [1.165, 1.54) is 6.08 Å². The second-order valence-corrected chi connectivity index (χ2v) is 5.89. The minimum Gasteiger partial charge on any atom is -0.494 e. The second kappa shape index (κ2) is 5.96. The summed E-state index contributed by atoms with van der Waals surface area (Å²) in [6.45, 7) is 1.87. The molecule has 26 heavy (non-hydrogen) atoms. The molecule has 0 amide bonds. The molecule has 3 aromatic rings. The van der Waals surface area contributed by atoms with Crippen LogP contribution < -0.4 is 22.0 Å². The summed E-state index contributed by atoms with van der Waals surface area (Å²) in [4.78, 5) is 35.3. The van der Waals surface area contributed by atoms with Crippen LogP contribution in [-0.4, -0.2) is 14.7 Å². The Morgan fingerprint density at radius 3 is 2.38 bits per heavy atom. The van der Waals surface area contributed by atoms with Gasteiger partial charge in [-0.3, -0.25) is 9.78 Å². The summed E-state index contributed by atoms with van der Waals surface area (Å²) in [6.07, 6.45) is 1.36. The zero-order valence-electron chi connectivity index (χ0n) is 13.8. The van der Waals surface area contributed by atoms with Gasteiger partial charge < -0.3 is 5.11 Å². The monoisotopic (exact) mass is 346 g/mol. The first-order valence-corrected chi connectivity index (χ1v) is 7.92. The number of nitrogens with zero attached hydrogens (tertiary/aromatic N) is 3. The number of aromatic nitrogens is 2. The van der Waals surface area contributed by atoms with Crippen LogP contribution in [0.5, 0.6) is 5.88 Å². The Morgan fingerprint density at radius 2 is 1.73 bits per heavy atom. The molecule has 7 heteroatoms. The van der Waals surface area contributed by atoms with E-state index in [1.54, 1.807) is 30.3 Å². The predicted octanol–water partition coefficient (Wildman–Crippen LogP) is 0.791. The van der Waals surface area contributed by atoms with Crippen LogP contribution in [0.15, 0.2) is 73.9 Å². The molecule has 1 aliphatic heterocycles. The molecule has 2 N–H and O–H groups in total. The summed E-state index contributed by atoms with van der Waals surface area (Å²) in [5.74, 6) is -0.181. The van der Waals surface area contributed by atoms with E-state index in [0.717, 1.165) is 10.1 Å². The van der Waals surface area contributed by atoms with Crippen LogP contribution in [-0.2, 0) is 0 Å². The number of aromatic amines is 1. The number of H-pyrrole nitrogens is 1. The lowest BCUT2D eigenvalue weighted by Crippen LogP contribution is -2.30. The standard InChI is InChI=1S/C19H14N4O3/c1-11-5-4-6-12(9-11)23-18(25)13(17(24)22-19(23)26)10-16-20-14-7-2-3-8-15(14)21-16/h2-10,25H,1H3,(H,22,24,26). The van der Waals surface area contributed by atoms with Gasteiger partial charge in [-0.05, 0) is 36.8 Å². The first-order chi connectivity index (χ1) is 12.5. The quantitative estimate of drug-likeness (QED) is 0.717. The van der Waals surface area contributed by atoms with Crippen molar-refractivity contribution in [3.63, 3.8) is 0 Å². The number of aromatic hydroxyl groups is 1. The summed E-state index contributed by atoms with van der Waals surface area (Å²) >= 11 is 0. The fraction of sp³-hybridized carbons (Fsp3) is 0.0526. The van der Waals surface area contributed by atoms with E-state index in [0.29, 0.717) is 16.4 Å². The molecule has 1 aromatic heterocycles. The molecule has 0 saturated carbocycles. The van der Waals surface area contributed by atoms with Crippen LogP contribution in [0, 0.1) is 6.92 Å². The molecule has 0 radical (unpaired) electrons. The van der Waals surface area contributed by atoms with Gasteiger partial charge in [0.2, 0.25) is 5.88 Å². The van der Waals surface area contributed by atoms with Crippen LogP contribution in [0.2, 0.25) is 0 Å². The lowest BCUT2D eigenvalue weighted by molar-refractivity contribution is 0.429. The fourth-order valence-corrected chi connectivity index (χ4v) is 2.79. The van der Waals surface area contributed by atoms with E-state index in [-0.39, 0.29) is 11.4 Å². The fourth-order valence-electron chi connectivity index (χ4n) is 2.79. The molecular weight excluding hydrogens is 332 g/mol. The smallest absolute Gasteiger partial charge is 0.335 e. The molecule has 0 spiro atoms. The van der Waals surface area contributed by atoms with Gasteiger partial charge in [0.15, 0.2) is 5.82 Å². The highest BCUT2D eigenvalue weighted by molar-refractivity contribution is 5.58. The Labute approximate surface area is 147 Å². The zero-order valence-corrected chi connectivity index (χ0v) is 13.8. The molecule has 0 bridgehead atoms. The van der Waals surface area contributed by atoms with Crippen LogP contribution in [0.4, 0.5) is 0 Å². The van der Waals surface area contributed by atoms with E-state index < -0.39 is 17.1 Å². The minimum atomic E-state index is -0.719. The van der Waals surface area contributed by atoms with Gasteiger partial charge in [0, 0.05) is 6.08 Å². The lowest BCUT2D eigenvalue weighted by atomic mass is 10.2. The number of hydrogen-bond acceptors (Lipinski definition) is 5. The van der Waals surface area contributed by atoms with Crippen molar-refractivity contribution in [3.8, 4) is 11.6 Å². The Bertz CT molecular complexity index is 1260. The van der Waals surface area contributed by atoms with Crippen molar-refractivity contribution in [1.82, 2.24) is 9.55 Å². The van der Waals surface area contributed by atoms with E-state index >= 15 is 0 Å². The van der Waals surface area contributed by atoms with Crippen molar-refractivity contribution in [2.24, 2.45) is 9.98 Å². The molecular formula is C19H14N4O3. The van der Waals surface area contributed by atoms with Gasteiger partial charge in [0.1, 0.15) is 5.56 Å². The van der Waals surface area contributed by atoms with E-state index in [1.807, 2.05) is 25.1 Å². The topological polar surface area (TPSA) is 99.8 Å². The third kappa shape index (κ3) is 2.65. The summed E-state index contributed by atoms with van der Waals surface area (Å²) in [7, 11) is 0. The third-order valence-corrected chi connectivity index (χ3v) is 4.01. The van der Waals surface area contributed by atoms with Gasteiger partial charge in [-0.2, -0.15) is 0 Å². The molecule has 2 aromatic carbocycles. The van der Waals surface area contributed by atoms with Crippen molar-refractivity contribution in [2.45, 2.75) is 6.92 Å². The maximum Gasteiger partial charge on any atom is 0.335 e. The number of para-hydroxylation sites is 2. The first kappa shape index (κ1) is 15.8. The molecule has 0 atom stereocenters. The molecule has 128 valence electrons. The van der Waals surface area contributed by atoms with Gasteiger partial charge in [0.25, 0.3) is 5.56 Å². The first-order valence-electron chi connectivity index (χ1n) is 7.92. The van der Waals surface area contributed by atoms with Crippen molar-refractivity contribution in [3.05, 3.63) is 97.0 Å². The average molecular weight is 346 g/mol. The Morgan fingerprint density at radius 1 is 1.04 bits per heavy atom. The van der Waals surface area contributed by atoms with Crippen molar-refractivity contribution >= 4 is 6.08 Å².